The number of benzene rings is 1. The van der Waals surface area contributed by atoms with E-state index in [1.54, 1.807) is 12.1 Å². The van der Waals surface area contributed by atoms with Gasteiger partial charge in [0.2, 0.25) is 0 Å². The van der Waals surface area contributed by atoms with Gasteiger partial charge in [-0.3, -0.25) is 0 Å². The van der Waals surface area contributed by atoms with Gasteiger partial charge in [0.05, 0.1) is 10.6 Å². The number of pyridine rings is 1. The fraction of sp³-hybridized carbons (Fsp3) is 0.143. The zero-order chi connectivity index (χ0) is 14.5. The van der Waals surface area contributed by atoms with Crippen LogP contribution in [0.1, 0.15) is 15.9 Å². The van der Waals surface area contributed by atoms with Crippen LogP contribution in [0.15, 0.2) is 36.5 Å². The van der Waals surface area contributed by atoms with Crippen molar-refractivity contribution in [1.29, 1.82) is 0 Å². The maximum Gasteiger partial charge on any atom is 0.337 e. The van der Waals surface area contributed by atoms with Gasteiger partial charge in [0.15, 0.2) is 0 Å². The van der Waals surface area contributed by atoms with E-state index in [1.165, 1.54) is 24.4 Å². The van der Waals surface area contributed by atoms with Crippen LogP contribution in [0, 0.1) is 5.82 Å². The molecule has 2 rings (SSSR count). The normalized spacial score (nSPS) is 10.3. The van der Waals surface area contributed by atoms with E-state index >= 15 is 0 Å². The molecule has 1 aromatic heterocycles. The van der Waals surface area contributed by atoms with Crippen LogP contribution in [0.4, 0.5) is 10.2 Å². The van der Waals surface area contributed by atoms with Crippen LogP contribution in [0.3, 0.4) is 0 Å². The smallest absolute Gasteiger partial charge is 0.337 e. The fourth-order valence-electron chi connectivity index (χ4n) is 1.71. The number of rotatable bonds is 5. The minimum atomic E-state index is -1.10. The average molecular weight is 295 g/mol. The highest BCUT2D eigenvalue weighted by atomic mass is 35.5. The Hall–Kier alpha value is -2.14. The summed E-state index contributed by atoms with van der Waals surface area (Å²) in [6, 6.07) is 7.52. The van der Waals surface area contributed by atoms with Crippen molar-refractivity contribution >= 4 is 23.4 Å². The molecular formula is C14H12ClFN2O2. The highest BCUT2D eigenvalue weighted by Gasteiger charge is 2.12. The molecule has 0 fully saturated rings. The van der Waals surface area contributed by atoms with Gasteiger partial charge in [0.1, 0.15) is 11.6 Å². The minimum absolute atomic E-state index is 0.00551. The van der Waals surface area contributed by atoms with Gasteiger partial charge in [-0.25, -0.2) is 14.2 Å². The van der Waals surface area contributed by atoms with E-state index in [1.807, 2.05) is 0 Å². The molecule has 0 aliphatic heterocycles. The quantitative estimate of drug-likeness (QED) is 0.889. The lowest BCUT2D eigenvalue weighted by atomic mass is 10.1. The van der Waals surface area contributed by atoms with Crippen LogP contribution in [0.25, 0.3) is 0 Å². The second-order valence-electron chi connectivity index (χ2n) is 4.13. The SMILES string of the molecule is O=C(O)c1ccnc(NCCc2ccc(F)cc2)c1Cl. The number of carbonyl (C=O) groups is 1. The maximum absolute atomic E-state index is 12.7. The Bertz CT molecular complexity index is 617. The summed E-state index contributed by atoms with van der Waals surface area (Å²) in [6.07, 6.45) is 2.03. The van der Waals surface area contributed by atoms with Crippen molar-refractivity contribution in [3.8, 4) is 0 Å². The van der Waals surface area contributed by atoms with Gasteiger partial charge in [0, 0.05) is 12.7 Å². The number of nitrogens with one attached hydrogen (secondary N) is 1. The summed E-state index contributed by atoms with van der Waals surface area (Å²) >= 11 is 5.95. The van der Waals surface area contributed by atoms with Gasteiger partial charge in [-0.05, 0) is 30.2 Å². The lowest BCUT2D eigenvalue weighted by Gasteiger charge is -2.08. The lowest BCUT2D eigenvalue weighted by molar-refractivity contribution is 0.0697. The van der Waals surface area contributed by atoms with Crippen molar-refractivity contribution in [3.63, 3.8) is 0 Å². The monoisotopic (exact) mass is 294 g/mol. The highest BCUT2D eigenvalue weighted by Crippen LogP contribution is 2.23. The third-order valence-electron chi connectivity index (χ3n) is 2.74. The van der Waals surface area contributed by atoms with E-state index in [9.17, 15) is 9.18 Å². The third-order valence-corrected chi connectivity index (χ3v) is 3.12. The second-order valence-corrected chi connectivity index (χ2v) is 4.51. The highest BCUT2D eigenvalue weighted by molar-refractivity contribution is 6.35. The van der Waals surface area contributed by atoms with Crippen LogP contribution < -0.4 is 5.32 Å². The van der Waals surface area contributed by atoms with Crippen molar-refractivity contribution in [3.05, 3.63) is 58.5 Å². The molecular weight excluding hydrogens is 283 g/mol. The molecule has 1 heterocycles. The number of carboxylic acids is 1. The van der Waals surface area contributed by atoms with E-state index in [0.29, 0.717) is 18.8 Å². The third kappa shape index (κ3) is 3.45. The molecule has 20 heavy (non-hydrogen) atoms. The number of aromatic nitrogens is 1. The summed E-state index contributed by atoms with van der Waals surface area (Å²) in [6.45, 7) is 0.515. The first-order valence-electron chi connectivity index (χ1n) is 5.94. The molecule has 2 aromatic rings. The molecule has 0 aliphatic carbocycles. The molecule has 0 unspecified atom stereocenters. The van der Waals surface area contributed by atoms with Crippen LogP contribution in [-0.2, 0) is 6.42 Å². The van der Waals surface area contributed by atoms with Crippen molar-refractivity contribution in [1.82, 2.24) is 4.98 Å². The van der Waals surface area contributed by atoms with Crippen molar-refractivity contribution in [2.45, 2.75) is 6.42 Å². The first-order valence-corrected chi connectivity index (χ1v) is 6.32. The molecule has 0 saturated carbocycles. The Balaban J connectivity index is 1.99. The van der Waals surface area contributed by atoms with E-state index in [0.717, 1.165) is 5.56 Å². The fourth-order valence-corrected chi connectivity index (χ4v) is 1.97. The predicted molar refractivity (Wildman–Crippen MR) is 74.8 cm³/mol. The molecule has 4 nitrogen and oxygen atoms in total. The number of anilines is 1. The zero-order valence-electron chi connectivity index (χ0n) is 10.4. The van der Waals surface area contributed by atoms with Crippen LogP contribution in [0.5, 0.6) is 0 Å². The lowest BCUT2D eigenvalue weighted by Crippen LogP contribution is -2.09. The van der Waals surface area contributed by atoms with Gasteiger partial charge < -0.3 is 10.4 Å². The maximum atomic E-state index is 12.7. The number of hydrogen-bond donors (Lipinski definition) is 2. The molecule has 0 radical (unpaired) electrons. The molecule has 2 N–H and O–H groups in total. The van der Waals surface area contributed by atoms with Crippen molar-refractivity contribution < 1.29 is 14.3 Å². The average Bonchev–Trinajstić information content (AvgIpc) is 2.42. The van der Waals surface area contributed by atoms with Gasteiger partial charge in [0.25, 0.3) is 0 Å². The summed E-state index contributed by atoms with van der Waals surface area (Å²) < 4.78 is 12.7. The summed E-state index contributed by atoms with van der Waals surface area (Å²) in [7, 11) is 0. The summed E-state index contributed by atoms with van der Waals surface area (Å²) in [5.41, 5.74) is 0.968. The molecule has 6 heteroatoms. The molecule has 104 valence electrons. The van der Waals surface area contributed by atoms with Crippen molar-refractivity contribution in [2.24, 2.45) is 0 Å². The molecule has 0 bridgehead atoms. The Morgan fingerprint density at radius 3 is 2.65 bits per heavy atom. The topological polar surface area (TPSA) is 62.2 Å². The molecule has 0 amide bonds. The Morgan fingerprint density at radius 2 is 2.00 bits per heavy atom. The molecule has 0 aliphatic rings. The largest absolute Gasteiger partial charge is 0.478 e. The zero-order valence-corrected chi connectivity index (χ0v) is 11.2. The Labute approximate surface area is 120 Å². The molecule has 0 spiro atoms. The predicted octanol–water partition coefficient (Wildman–Crippen LogP) is 3.23. The molecule has 0 atom stereocenters. The first-order chi connectivity index (χ1) is 9.58. The van der Waals surface area contributed by atoms with Gasteiger partial charge in [-0.1, -0.05) is 23.7 Å². The van der Waals surface area contributed by atoms with E-state index in [2.05, 4.69) is 10.3 Å². The number of nitrogens with zero attached hydrogens (tertiary/aromatic N) is 1. The van der Waals surface area contributed by atoms with E-state index < -0.39 is 5.97 Å². The van der Waals surface area contributed by atoms with Gasteiger partial charge in [-0.15, -0.1) is 0 Å². The molecule has 1 aromatic carbocycles. The van der Waals surface area contributed by atoms with Crippen molar-refractivity contribution in [2.75, 3.05) is 11.9 Å². The van der Waals surface area contributed by atoms with Gasteiger partial charge >= 0.3 is 5.97 Å². The Morgan fingerprint density at radius 1 is 1.30 bits per heavy atom. The van der Waals surface area contributed by atoms with Crippen LogP contribution in [-0.4, -0.2) is 22.6 Å². The molecule has 0 saturated heterocycles. The number of hydrogen-bond acceptors (Lipinski definition) is 3. The van der Waals surface area contributed by atoms with Gasteiger partial charge in [-0.2, -0.15) is 0 Å². The minimum Gasteiger partial charge on any atom is -0.478 e. The van der Waals surface area contributed by atoms with E-state index in [4.69, 9.17) is 16.7 Å². The Kier molecular flexibility index (Phi) is 4.53. The first kappa shape index (κ1) is 14.3. The number of aromatic carboxylic acids is 1. The summed E-state index contributed by atoms with van der Waals surface area (Å²) in [4.78, 5) is 14.9. The van der Waals surface area contributed by atoms with Crippen LogP contribution in [0.2, 0.25) is 5.02 Å². The standard InChI is InChI=1S/C14H12ClFN2O2/c15-12-11(14(19)20)6-8-18-13(12)17-7-5-9-1-3-10(16)4-2-9/h1-4,6,8H,5,7H2,(H,17,18)(H,19,20). The van der Waals surface area contributed by atoms with Crippen LogP contribution >= 0.6 is 11.6 Å². The van der Waals surface area contributed by atoms with E-state index in [-0.39, 0.29) is 16.4 Å². The second kappa shape index (κ2) is 6.34. The summed E-state index contributed by atoms with van der Waals surface area (Å²) in [5, 5.41) is 12.0. The number of halogens is 2. The number of carboxylic acid groups (broad SMARTS) is 1. The summed E-state index contributed by atoms with van der Waals surface area (Å²) in [5.74, 6) is -1.05.